The number of carboxylic acids is 1. The van der Waals surface area contributed by atoms with E-state index in [1.807, 2.05) is 0 Å². The quantitative estimate of drug-likeness (QED) is 0.281. The Labute approximate surface area is 213 Å². The van der Waals surface area contributed by atoms with Crippen molar-refractivity contribution in [2.45, 2.75) is 39.2 Å². The largest absolute Gasteiger partial charge is 0.481 e. The number of aliphatic hydroxyl groups excluding tert-OH is 1. The van der Waals surface area contributed by atoms with Crippen molar-refractivity contribution in [2.24, 2.45) is 5.41 Å². The van der Waals surface area contributed by atoms with Gasteiger partial charge < -0.3 is 20.3 Å². The number of benzene rings is 2. The molecule has 0 aliphatic heterocycles. The molecule has 1 heterocycles. The first-order valence-corrected chi connectivity index (χ1v) is 11.9. The fourth-order valence-corrected chi connectivity index (χ4v) is 4.17. The summed E-state index contributed by atoms with van der Waals surface area (Å²) in [6.07, 6.45) is 0.404. The van der Waals surface area contributed by atoms with Gasteiger partial charge in [0.25, 0.3) is 5.91 Å². The number of aliphatic hydroxyl groups is 1. The lowest BCUT2D eigenvalue weighted by Gasteiger charge is -2.29. The number of amides is 1. The van der Waals surface area contributed by atoms with Crippen LogP contribution >= 0.6 is 11.6 Å². The molecule has 0 radical (unpaired) electrons. The molecule has 0 bridgehead atoms. The first-order valence-electron chi connectivity index (χ1n) is 11.5. The van der Waals surface area contributed by atoms with Crippen LogP contribution < -0.4 is 10.1 Å². The summed E-state index contributed by atoms with van der Waals surface area (Å²) in [5.41, 5.74) is 0.645. The van der Waals surface area contributed by atoms with E-state index < -0.39 is 29.2 Å². The van der Waals surface area contributed by atoms with Gasteiger partial charge >= 0.3 is 5.97 Å². The first-order chi connectivity index (χ1) is 17.1. The number of halogens is 2. The van der Waals surface area contributed by atoms with Crippen molar-refractivity contribution in [3.05, 3.63) is 70.6 Å². The highest BCUT2D eigenvalue weighted by atomic mass is 35.5. The molecule has 0 aliphatic carbocycles. The minimum absolute atomic E-state index is 0.0264. The molecule has 1 aromatic heterocycles. The van der Waals surface area contributed by atoms with Gasteiger partial charge in [0.2, 0.25) is 5.88 Å². The normalized spacial score (nSPS) is 13.6. The van der Waals surface area contributed by atoms with Gasteiger partial charge in [-0.05, 0) is 62.4 Å². The summed E-state index contributed by atoms with van der Waals surface area (Å²) in [5.74, 6) is -1.61. The topological polar surface area (TPSA) is 125 Å². The van der Waals surface area contributed by atoms with Crippen LogP contribution in [-0.2, 0) is 11.2 Å². The molecule has 3 rings (SSSR count). The van der Waals surface area contributed by atoms with Gasteiger partial charge in [-0.2, -0.15) is 5.10 Å². The summed E-state index contributed by atoms with van der Waals surface area (Å²) >= 11 is 6.01. The highest BCUT2D eigenvalue weighted by Gasteiger charge is 2.36. The maximum atomic E-state index is 14.3. The standard InChI is InChI=1S/C26H29ClFN3O5/c1-3-36-23-14-22(30-31-23)24(33)29-19(15-26(2,10-11-32)25(34)35)12-16-4-6-17(7-5-16)20-13-18(27)8-9-21(20)28/h4-9,13-14,19,32H,3,10-12,15H2,1-2H3,(H,29,33)(H,30,31)(H,34,35)/t19-,26-/m1/s1. The van der Waals surface area contributed by atoms with E-state index in [2.05, 4.69) is 15.5 Å². The number of aromatic amines is 1. The Kier molecular flexibility index (Phi) is 9.06. The molecule has 3 aromatic rings. The van der Waals surface area contributed by atoms with Crippen LogP contribution in [0.1, 0.15) is 42.7 Å². The minimum Gasteiger partial charge on any atom is -0.481 e. The molecule has 0 fully saturated rings. The van der Waals surface area contributed by atoms with Crippen LogP contribution in [-0.4, -0.2) is 51.5 Å². The Morgan fingerprint density at radius 1 is 1.22 bits per heavy atom. The van der Waals surface area contributed by atoms with E-state index in [-0.39, 0.29) is 25.1 Å². The summed E-state index contributed by atoms with van der Waals surface area (Å²) < 4.78 is 19.6. The summed E-state index contributed by atoms with van der Waals surface area (Å²) in [5, 5.41) is 29.1. The zero-order valence-corrected chi connectivity index (χ0v) is 20.8. The van der Waals surface area contributed by atoms with Crippen LogP contribution in [0.3, 0.4) is 0 Å². The lowest BCUT2D eigenvalue weighted by atomic mass is 9.79. The van der Waals surface area contributed by atoms with Crippen LogP contribution in [0, 0.1) is 11.2 Å². The summed E-state index contributed by atoms with van der Waals surface area (Å²) in [6, 6.07) is 12.3. The van der Waals surface area contributed by atoms with Crippen LogP contribution in [0.2, 0.25) is 5.02 Å². The molecule has 192 valence electrons. The van der Waals surface area contributed by atoms with Gasteiger partial charge in [0.15, 0.2) is 5.69 Å². The summed E-state index contributed by atoms with van der Waals surface area (Å²) in [6.45, 7) is 3.44. The molecule has 0 unspecified atom stereocenters. The van der Waals surface area contributed by atoms with Crippen LogP contribution in [0.25, 0.3) is 11.1 Å². The number of ether oxygens (including phenoxy) is 1. The van der Waals surface area contributed by atoms with Gasteiger partial charge in [-0.1, -0.05) is 35.9 Å². The average molecular weight is 518 g/mol. The molecule has 0 saturated carbocycles. The number of nitrogens with one attached hydrogen (secondary N) is 2. The highest BCUT2D eigenvalue weighted by Crippen LogP contribution is 2.30. The molecule has 0 spiro atoms. The van der Waals surface area contributed by atoms with E-state index in [1.54, 1.807) is 37.3 Å². The number of H-pyrrole nitrogens is 1. The zero-order valence-electron chi connectivity index (χ0n) is 20.1. The maximum absolute atomic E-state index is 14.3. The average Bonchev–Trinajstić information content (AvgIpc) is 3.30. The van der Waals surface area contributed by atoms with E-state index in [1.165, 1.54) is 25.1 Å². The van der Waals surface area contributed by atoms with Crippen LogP contribution in [0.4, 0.5) is 4.39 Å². The molecule has 8 nitrogen and oxygen atoms in total. The number of aliphatic carboxylic acids is 1. The number of hydrogen-bond donors (Lipinski definition) is 4. The van der Waals surface area contributed by atoms with E-state index in [0.717, 1.165) is 5.56 Å². The van der Waals surface area contributed by atoms with Crippen molar-refractivity contribution in [3.63, 3.8) is 0 Å². The Morgan fingerprint density at radius 2 is 1.94 bits per heavy atom. The van der Waals surface area contributed by atoms with Gasteiger partial charge in [-0.15, -0.1) is 0 Å². The van der Waals surface area contributed by atoms with Crippen molar-refractivity contribution >= 4 is 23.5 Å². The van der Waals surface area contributed by atoms with Gasteiger partial charge in [-0.3, -0.25) is 9.59 Å². The number of hydrogen-bond acceptors (Lipinski definition) is 5. The van der Waals surface area contributed by atoms with Gasteiger partial charge in [0, 0.05) is 29.3 Å². The van der Waals surface area contributed by atoms with Crippen LogP contribution in [0.15, 0.2) is 48.5 Å². The molecule has 2 aromatic carbocycles. The molecule has 36 heavy (non-hydrogen) atoms. The highest BCUT2D eigenvalue weighted by molar-refractivity contribution is 6.30. The lowest BCUT2D eigenvalue weighted by Crippen LogP contribution is -2.43. The Morgan fingerprint density at radius 3 is 2.58 bits per heavy atom. The molecule has 2 atom stereocenters. The number of aromatic nitrogens is 2. The third-order valence-corrected chi connectivity index (χ3v) is 6.21. The fourth-order valence-electron chi connectivity index (χ4n) is 3.99. The first kappa shape index (κ1) is 27.2. The van der Waals surface area contributed by atoms with Crippen molar-refractivity contribution in [1.29, 1.82) is 0 Å². The monoisotopic (exact) mass is 517 g/mol. The van der Waals surface area contributed by atoms with E-state index in [9.17, 15) is 24.2 Å². The van der Waals surface area contributed by atoms with E-state index >= 15 is 0 Å². The Balaban J connectivity index is 1.83. The number of rotatable bonds is 12. The van der Waals surface area contributed by atoms with Gasteiger partial charge in [0.1, 0.15) is 5.82 Å². The SMILES string of the molecule is CCOc1cc(C(=O)N[C@H](Cc2ccc(-c3cc(Cl)ccc3F)cc2)C[C@@](C)(CCO)C(=O)O)n[nH]1. The van der Waals surface area contributed by atoms with Gasteiger partial charge in [0.05, 0.1) is 12.0 Å². The van der Waals surface area contributed by atoms with Crippen molar-refractivity contribution < 1.29 is 28.9 Å². The second-order valence-electron chi connectivity index (χ2n) is 8.79. The lowest BCUT2D eigenvalue weighted by molar-refractivity contribution is -0.149. The van der Waals surface area contributed by atoms with Crippen molar-refractivity contribution in [2.75, 3.05) is 13.2 Å². The second kappa shape index (κ2) is 12.0. The predicted molar refractivity (Wildman–Crippen MR) is 134 cm³/mol. The fraction of sp³-hybridized carbons (Fsp3) is 0.346. The van der Waals surface area contributed by atoms with Crippen molar-refractivity contribution in [1.82, 2.24) is 15.5 Å². The van der Waals surface area contributed by atoms with Gasteiger partial charge in [-0.25, -0.2) is 9.49 Å². The van der Waals surface area contributed by atoms with E-state index in [4.69, 9.17) is 16.3 Å². The number of carbonyl (C=O) groups excluding carboxylic acids is 1. The minimum atomic E-state index is -1.27. The third-order valence-electron chi connectivity index (χ3n) is 5.97. The molecular formula is C26H29ClFN3O5. The zero-order chi connectivity index (χ0) is 26.3. The second-order valence-corrected chi connectivity index (χ2v) is 9.23. The summed E-state index contributed by atoms with van der Waals surface area (Å²) in [7, 11) is 0. The van der Waals surface area contributed by atoms with E-state index in [0.29, 0.717) is 35.1 Å². The molecule has 0 saturated heterocycles. The smallest absolute Gasteiger partial charge is 0.309 e. The number of nitrogens with zero attached hydrogens (tertiary/aromatic N) is 1. The molecule has 10 heteroatoms. The molecule has 0 aliphatic rings. The van der Waals surface area contributed by atoms with Crippen LogP contribution in [0.5, 0.6) is 5.88 Å². The Bertz CT molecular complexity index is 1200. The molecule has 4 N–H and O–H groups in total. The Hall–Kier alpha value is -3.43. The molecule has 1 amide bonds. The summed E-state index contributed by atoms with van der Waals surface area (Å²) in [4.78, 5) is 24.9. The van der Waals surface area contributed by atoms with Crippen molar-refractivity contribution in [3.8, 4) is 17.0 Å². The predicted octanol–water partition coefficient (Wildman–Crippen LogP) is 4.47. The molecular weight excluding hydrogens is 489 g/mol. The number of carboxylic acid groups (broad SMARTS) is 1. The third kappa shape index (κ3) is 6.83. The maximum Gasteiger partial charge on any atom is 0.309 e. The number of carbonyl (C=O) groups is 2.